The van der Waals surface area contributed by atoms with Crippen LogP contribution in [0.3, 0.4) is 0 Å². The summed E-state index contributed by atoms with van der Waals surface area (Å²) in [6.45, 7) is 2.38. The lowest BCUT2D eigenvalue weighted by atomic mass is 10.3. The summed E-state index contributed by atoms with van der Waals surface area (Å²) in [5.41, 5.74) is 1.44. The second-order valence-corrected chi connectivity index (χ2v) is 4.52. The average molecular weight is 264 g/mol. The Morgan fingerprint density at radius 2 is 2.28 bits per heavy atom. The van der Waals surface area contributed by atoms with Crippen molar-refractivity contribution in [2.45, 2.75) is 19.9 Å². The van der Waals surface area contributed by atoms with Crippen molar-refractivity contribution in [1.29, 1.82) is 0 Å². The van der Waals surface area contributed by atoms with E-state index in [4.69, 9.17) is 5.11 Å². The Balaban J connectivity index is 1.94. The first-order valence-corrected chi connectivity index (χ1v) is 6.20. The Hall–Kier alpha value is -2.02. The molecule has 0 aliphatic heterocycles. The Bertz CT molecular complexity index is 555. The second kappa shape index (κ2) is 5.54. The summed E-state index contributed by atoms with van der Waals surface area (Å²) in [4.78, 5) is 23.0. The van der Waals surface area contributed by atoms with Gasteiger partial charge in [-0.1, -0.05) is 0 Å². The number of carbonyl (C=O) groups is 1. The third-order valence-corrected chi connectivity index (χ3v) is 2.99. The number of aryl methyl sites for hydroxylation is 1. The molecule has 0 radical (unpaired) electrons. The maximum absolute atomic E-state index is 10.5. The molecule has 0 fully saturated rings. The lowest BCUT2D eigenvalue weighted by Gasteiger charge is -2.02. The van der Waals surface area contributed by atoms with Gasteiger partial charge in [0.2, 0.25) is 0 Å². The highest BCUT2D eigenvalue weighted by atomic mass is 32.1. The van der Waals surface area contributed by atoms with Crippen LogP contribution in [0.2, 0.25) is 0 Å². The summed E-state index contributed by atoms with van der Waals surface area (Å²) >= 11 is 1.39. The minimum absolute atomic E-state index is 0.0508. The van der Waals surface area contributed by atoms with E-state index < -0.39 is 5.97 Å². The summed E-state index contributed by atoms with van der Waals surface area (Å²) in [6.07, 6.45) is 1.65. The van der Waals surface area contributed by atoms with Crippen LogP contribution in [0.15, 0.2) is 17.6 Å². The van der Waals surface area contributed by atoms with Gasteiger partial charge in [-0.05, 0) is 13.0 Å². The summed E-state index contributed by atoms with van der Waals surface area (Å²) < 4.78 is 0. The number of nitrogens with one attached hydrogen (secondary N) is 1. The van der Waals surface area contributed by atoms with Crippen LogP contribution < -0.4 is 5.32 Å². The molecule has 0 atom stereocenters. The molecule has 0 bridgehead atoms. The van der Waals surface area contributed by atoms with Crippen molar-refractivity contribution in [1.82, 2.24) is 15.0 Å². The van der Waals surface area contributed by atoms with E-state index in [1.54, 1.807) is 11.6 Å². The molecule has 0 spiro atoms. The number of aromatic nitrogens is 3. The monoisotopic (exact) mass is 264 g/mol. The van der Waals surface area contributed by atoms with Crippen molar-refractivity contribution in [2.24, 2.45) is 0 Å². The van der Waals surface area contributed by atoms with E-state index in [1.807, 2.05) is 13.0 Å². The molecule has 7 heteroatoms. The van der Waals surface area contributed by atoms with Gasteiger partial charge in [0, 0.05) is 11.6 Å². The van der Waals surface area contributed by atoms with Crippen LogP contribution in [0.4, 0.5) is 5.13 Å². The third-order valence-electron chi connectivity index (χ3n) is 2.14. The first-order valence-electron chi connectivity index (χ1n) is 5.32. The Morgan fingerprint density at radius 3 is 3.00 bits per heavy atom. The van der Waals surface area contributed by atoms with E-state index in [2.05, 4.69) is 20.3 Å². The summed E-state index contributed by atoms with van der Waals surface area (Å²) in [5, 5.41) is 14.2. The van der Waals surface area contributed by atoms with Gasteiger partial charge in [-0.2, -0.15) is 0 Å². The molecule has 0 saturated carbocycles. The number of hydrogen-bond donors (Lipinski definition) is 2. The zero-order valence-corrected chi connectivity index (χ0v) is 10.6. The molecule has 0 aromatic carbocycles. The number of aliphatic carboxylic acids is 1. The molecule has 0 amide bonds. The molecule has 2 heterocycles. The molecule has 2 rings (SSSR count). The molecular weight excluding hydrogens is 252 g/mol. The van der Waals surface area contributed by atoms with Gasteiger partial charge in [0.1, 0.15) is 5.82 Å². The Labute approximate surface area is 108 Å². The molecule has 18 heavy (non-hydrogen) atoms. The number of anilines is 1. The van der Waals surface area contributed by atoms with Crippen LogP contribution in [-0.2, 0) is 17.8 Å². The predicted octanol–water partition coefficient (Wildman–Crippen LogP) is 1.48. The molecule has 2 N–H and O–H groups in total. The summed E-state index contributed by atoms with van der Waals surface area (Å²) in [6, 6.07) is 1.83. The fraction of sp³-hybridized carbons (Fsp3) is 0.273. The molecular formula is C11H12N4O2S. The molecule has 2 aromatic heterocycles. The second-order valence-electron chi connectivity index (χ2n) is 3.66. The van der Waals surface area contributed by atoms with Gasteiger partial charge >= 0.3 is 5.97 Å². The lowest BCUT2D eigenvalue weighted by molar-refractivity contribution is -0.136. The number of rotatable bonds is 5. The number of nitrogens with zero attached hydrogens (tertiary/aromatic N) is 3. The van der Waals surface area contributed by atoms with Crippen LogP contribution >= 0.6 is 11.3 Å². The van der Waals surface area contributed by atoms with E-state index in [9.17, 15) is 4.79 Å². The van der Waals surface area contributed by atoms with Gasteiger partial charge in [0.15, 0.2) is 5.13 Å². The average Bonchev–Trinajstić information content (AvgIpc) is 2.73. The minimum atomic E-state index is -0.877. The first kappa shape index (κ1) is 12.4. The van der Waals surface area contributed by atoms with Gasteiger partial charge < -0.3 is 10.4 Å². The molecule has 0 saturated heterocycles. The smallest absolute Gasteiger partial charge is 0.309 e. The van der Waals surface area contributed by atoms with E-state index >= 15 is 0 Å². The van der Waals surface area contributed by atoms with Crippen LogP contribution in [0.1, 0.15) is 17.2 Å². The van der Waals surface area contributed by atoms with Crippen molar-refractivity contribution < 1.29 is 9.90 Å². The van der Waals surface area contributed by atoms with E-state index in [0.29, 0.717) is 17.4 Å². The quantitative estimate of drug-likeness (QED) is 0.850. The maximum Gasteiger partial charge on any atom is 0.309 e. The van der Waals surface area contributed by atoms with E-state index in [-0.39, 0.29) is 6.42 Å². The van der Waals surface area contributed by atoms with Crippen LogP contribution in [-0.4, -0.2) is 26.0 Å². The minimum Gasteiger partial charge on any atom is -0.481 e. The fourth-order valence-corrected chi connectivity index (χ4v) is 2.10. The van der Waals surface area contributed by atoms with E-state index in [0.717, 1.165) is 11.5 Å². The topological polar surface area (TPSA) is 88.0 Å². The zero-order chi connectivity index (χ0) is 13.0. The SMILES string of the molecule is Cc1nccc(CNc2nc(CC(=O)O)cs2)n1. The molecule has 0 aliphatic rings. The fourth-order valence-electron chi connectivity index (χ4n) is 1.39. The highest BCUT2D eigenvalue weighted by Gasteiger charge is 2.06. The summed E-state index contributed by atoms with van der Waals surface area (Å²) in [7, 11) is 0. The highest BCUT2D eigenvalue weighted by molar-refractivity contribution is 7.13. The molecule has 0 unspecified atom stereocenters. The standard InChI is InChI=1S/C11H12N4O2S/c1-7-12-3-2-8(14-7)5-13-11-15-9(6-18-11)4-10(16)17/h2-3,6H,4-5H2,1H3,(H,13,15)(H,16,17). The van der Waals surface area contributed by atoms with Crippen molar-refractivity contribution in [2.75, 3.05) is 5.32 Å². The van der Waals surface area contributed by atoms with Crippen molar-refractivity contribution >= 4 is 22.4 Å². The number of hydrogen-bond acceptors (Lipinski definition) is 6. The van der Waals surface area contributed by atoms with Crippen LogP contribution in [0.25, 0.3) is 0 Å². The maximum atomic E-state index is 10.5. The largest absolute Gasteiger partial charge is 0.481 e. The summed E-state index contributed by atoms with van der Waals surface area (Å²) in [5.74, 6) is -0.154. The van der Waals surface area contributed by atoms with Crippen molar-refractivity contribution in [3.05, 3.63) is 34.9 Å². The van der Waals surface area contributed by atoms with Crippen molar-refractivity contribution in [3.8, 4) is 0 Å². The lowest BCUT2D eigenvalue weighted by Crippen LogP contribution is -2.04. The van der Waals surface area contributed by atoms with Crippen molar-refractivity contribution in [3.63, 3.8) is 0 Å². The number of carboxylic acids is 1. The van der Waals surface area contributed by atoms with Crippen LogP contribution in [0, 0.1) is 6.92 Å². The Morgan fingerprint density at radius 1 is 1.44 bits per heavy atom. The van der Waals surface area contributed by atoms with Gasteiger partial charge in [-0.3, -0.25) is 4.79 Å². The molecule has 6 nitrogen and oxygen atoms in total. The number of carboxylic acid groups (broad SMARTS) is 1. The molecule has 94 valence electrons. The molecule has 2 aromatic rings. The number of thiazole rings is 1. The normalized spacial score (nSPS) is 10.3. The Kier molecular flexibility index (Phi) is 3.83. The van der Waals surface area contributed by atoms with E-state index in [1.165, 1.54) is 11.3 Å². The van der Waals surface area contributed by atoms with Gasteiger partial charge in [-0.25, -0.2) is 15.0 Å². The predicted molar refractivity (Wildman–Crippen MR) is 67.5 cm³/mol. The first-order chi connectivity index (χ1) is 8.63. The highest BCUT2D eigenvalue weighted by Crippen LogP contribution is 2.16. The third kappa shape index (κ3) is 3.49. The zero-order valence-electron chi connectivity index (χ0n) is 9.75. The molecule has 0 aliphatic carbocycles. The van der Waals surface area contributed by atoms with Crippen LogP contribution in [0.5, 0.6) is 0 Å². The van der Waals surface area contributed by atoms with Gasteiger partial charge in [-0.15, -0.1) is 11.3 Å². The van der Waals surface area contributed by atoms with Gasteiger partial charge in [0.05, 0.1) is 24.4 Å². The van der Waals surface area contributed by atoms with Gasteiger partial charge in [0.25, 0.3) is 0 Å².